The molecule has 1 atom stereocenters. The molecule has 8 heteroatoms. The van der Waals surface area contributed by atoms with E-state index in [0.29, 0.717) is 18.0 Å². The van der Waals surface area contributed by atoms with Crippen LogP contribution in [-0.2, 0) is 4.79 Å². The van der Waals surface area contributed by atoms with E-state index in [0.717, 1.165) is 3.79 Å². The van der Waals surface area contributed by atoms with Crippen LogP contribution < -0.4 is 10.6 Å². The fraction of sp³-hybridized carbons (Fsp3) is 0.444. The van der Waals surface area contributed by atoms with Gasteiger partial charge in [-0.25, -0.2) is 14.6 Å². The number of urea groups is 1. The molecule has 0 bridgehead atoms. The van der Waals surface area contributed by atoms with E-state index in [-0.39, 0.29) is 0 Å². The average molecular weight is 322 g/mol. The number of hydrogen-bond acceptors (Lipinski definition) is 4. The molecule has 0 radical (unpaired) electrons. The molecule has 94 valence electrons. The second-order valence-corrected chi connectivity index (χ2v) is 5.66. The maximum absolute atomic E-state index is 11.5. The minimum absolute atomic E-state index is 0.393. The lowest BCUT2D eigenvalue weighted by molar-refractivity contribution is -0.139. The van der Waals surface area contributed by atoms with Crippen LogP contribution in [0.2, 0.25) is 0 Å². The van der Waals surface area contributed by atoms with Gasteiger partial charge in [0, 0.05) is 0 Å². The molecule has 0 aliphatic rings. The van der Waals surface area contributed by atoms with Crippen molar-refractivity contribution in [1.29, 1.82) is 0 Å². The molecule has 1 unspecified atom stereocenters. The van der Waals surface area contributed by atoms with E-state index in [4.69, 9.17) is 5.11 Å². The number of halogens is 1. The number of carbonyl (C=O) groups is 2. The number of rotatable bonds is 5. The Labute approximate surface area is 111 Å². The van der Waals surface area contributed by atoms with E-state index in [1.165, 1.54) is 11.3 Å². The topological polar surface area (TPSA) is 91.3 Å². The van der Waals surface area contributed by atoms with Crippen molar-refractivity contribution in [3.63, 3.8) is 0 Å². The Morgan fingerprint density at radius 1 is 1.65 bits per heavy atom. The van der Waals surface area contributed by atoms with Crippen LogP contribution in [0.5, 0.6) is 0 Å². The summed E-state index contributed by atoms with van der Waals surface area (Å²) in [5.74, 6) is -1.04. The number of anilines is 1. The van der Waals surface area contributed by atoms with Crippen molar-refractivity contribution in [2.75, 3.05) is 5.32 Å². The van der Waals surface area contributed by atoms with Gasteiger partial charge >= 0.3 is 12.0 Å². The van der Waals surface area contributed by atoms with Gasteiger partial charge in [-0.2, -0.15) is 0 Å². The molecule has 0 saturated carbocycles. The minimum atomic E-state index is -1.04. The van der Waals surface area contributed by atoms with Gasteiger partial charge in [-0.05, 0) is 22.4 Å². The minimum Gasteiger partial charge on any atom is -0.480 e. The van der Waals surface area contributed by atoms with E-state index < -0.39 is 18.0 Å². The van der Waals surface area contributed by atoms with Crippen LogP contribution in [0.3, 0.4) is 0 Å². The van der Waals surface area contributed by atoms with Gasteiger partial charge in [-0.3, -0.25) is 5.32 Å². The highest BCUT2D eigenvalue weighted by molar-refractivity contribution is 9.11. The van der Waals surface area contributed by atoms with Gasteiger partial charge < -0.3 is 10.4 Å². The first-order valence-electron chi connectivity index (χ1n) is 4.94. The number of amides is 2. The first-order chi connectivity index (χ1) is 8.02. The van der Waals surface area contributed by atoms with Gasteiger partial charge in [0.2, 0.25) is 0 Å². The zero-order chi connectivity index (χ0) is 12.8. The number of aromatic nitrogens is 1. The van der Waals surface area contributed by atoms with E-state index in [2.05, 4.69) is 31.5 Å². The maximum Gasteiger partial charge on any atom is 0.326 e. The molecule has 0 saturated heterocycles. The predicted molar refractivity (Wildman–Crippen MR) is 68.3 cm³/mol. The quantitative estimate of drug-likeness (QED) is 0.775. The molecule has 0 spiro atoms. The Hall–Kier alpha value is -1.15. The Morgan fingerprint density at radius 3 is 2.82 bits per heavy atom. The number of nitrogens with one attached hydrogen (secondary N) is 2. The number of hydrogen-bond donors (Lipinski definition) is 3. The summed E-state index contributed by atoms with van der Waals surface area (Å²) < 4.78 is 0.788. The predicted octanol–water partition coefficient (Wildman–Crippen LogP) is 2.28. The maximum atomic E-state index is 11.5. The van der Waals surface area contributed by atoms with Crippen LogP contribution in [0.4, 0.5) is 9.93 Å². The summed E-state index contributed by atoms with van der Waals surface area (Å²) in [4.78, 5) is 26.2. The molecular formula is C9H12BrN3O3S. The molecule has 0 fully saturated rings. The molecule has 0 aromatic carbocycles. The van der Waals surface area contributed by atoms with Crippen molar-refractivity contribution in [3.05, 3.63) is 9.98 Å². The van der Waals surface area contributed by atoms with Gasteiger partial charge in [0.25, 0.3) is 0 Å². The van der Waals surface area contributed by atoms with Crippen LogP contribution in [0, 0.1) is 0 Å². The first kappa shape index (κ1) is 13.9. The molecule has 17 heavy (non-hydrogen) atoms. The van der Waals surface area contributed by atoms with Crippen molar-refractivity contribution in [2.24, 2.45) is 0 Å². The van der Waals surface area contributed by atoms with Crippen molar-refractivity contribution >= 4 is 44.4 Å². The first-order valence-corrected chi connectivity index (χ1v) is 6.55. The highest BCUT2D eigenvalue weighted by Crippen LogP contribution is 2.22. The van der Waals surface area contributed by atoms with Gasteiger partial charge in [-0.15, -0.1) is 0 Å². The molecule has 0 aliphatic carbocycles. The summed E-state index contributed by atoms with van der Waals surface area (Å²) in [6.07, 6.45) is 2.63. The summed E-state index contributed by atoms with van der Waals surface area (Å²) in [7, 11) is 0. The second kappa shape index (κ2) is 6.55. The monoisotopic (exact) mass is 321 g/mol. The smallest absolute Gasteiger partial charge is 0.326 e. The van der Waals surface area contributed by atoms with Crippen LogP contribution in [0.15, 0.2) is 9.98 Å². The van der Waals surface area contributed by atoms with Gasteiger partial charge in [0.1, 0.15) is 6.04 Å². The largest absolute Gasteiger partial charge is 0.480 e. The number of aliphatic carboxylic acids is 1. The van der Waals surface area contributed by atoms with E-state index in [1.54, 1.807) is 6.20 Å². The highest BCUT2D eigenvalue weighted by atomic mass is 79.9. The summed E-state index contributed by atoms with van der Waals surface area (Å²) in [5, 5.41) is 14.1. The average Bonchev–Trinajstić information content (AvgIpc) is 2.63. The molecule has 1 heterocycles. The number of carboxylic acid groups (broad SMARTS) is 1. The number of carbonyl (C=O) groups excluding carboxylic acids is 1. The Bertz CT molecular complexity index is 410. The molecule has 3 N–H and O–H groups in total. The van der Waals surface area contributed by atoms with Gasteiger partial charge in [0.15, 0.2) is 5.13 Å². The standard InChI is InChI=1S/C9H12BrN3O3S/c1-2-3-5(7(14)15)12-8(16)13-9-11-4-6(10)17-9/h4-5H,2-3H2,1H3,(H,14,15)(H2,11,12,13,16). The summed E-state index contributed by atoms with van der Waals surface area (Å²) in [6, 6.07) is -1.43. The summed E-state index contributed by atoms with van der Waals surface area (Å²) in [5.41, 5.74) is 0. The van der Waals surface area contributed by atoms with Crippen LogP contribution in [0.25, 0.3) is 0 Å². The van der Waals surface area contributed by atoms with Crippen molar-refractivity contribution in [2.45, 2.75) is 25.8 Å². The Kier molecular flexibility index (Phi) is 5.36. The second-order valence-electron chi connectivity index (χ2n) is 3.25. The third kappa shape index (κ3) is 4.70. The third-order valence-corrected chi connectivity index (χ3v) is 3.27. The highest BCUT2D eigenvalue weighted by Gasteiger charge is 2.19. The third-order valence-electron chi connectivity index (χ3n) is 1.88. The van der Waals surface area contributed by atoms with E-state index in [1.807, 2.05) is 6.92 Å². The van der Waals surface area contributed by atoms with E-state index in [9.17, 15) is 9.59 Å². The van der Waals surface area contributed by atoms with Crippen molar-refractivity contribution < 1.29 is 14.7 Å². The Morgan fingerprint density at radius 2 is 2.35 bits per heavy atom. The van der Waals surface area contributed by atoms with Crippen molar-refractivity contribution in [1.82, 2.24) is 10.3 Å². The zero-order valence-corrected chi connectivity index (χ0v) is 11.5. The zero-order valence-electron chi connectivity index (χ0n) is 9.07. The molecule has 0 aliphatic heterocycles. The van der Waals surface area contributed by atoms with Crippen LogP contribution >= 0.6 is 27.3 Å². The molecule has 1 aromatic rings. The van der Waals surface area contributed by atoms with Crippen LogP contribution in [0.1, 0.15) is 19.8 Å². The van der Waals surface area contributed by atoms with Gasteiger partial charge in [-0.1, -0.05) is 24.7 Å². The lowest BCUT2D eigenvalue weighted by Crippen LogP contribution is -2.42. The number of thiazole rings is 1. The number of nitrogens with zero attached hydrogens (tertiary/aromatic N) is 1. The lowest BCUT2D eigenvalue weighted by atomic mass is 10.2. The summed E-state index contributed by atoms with van der Waals surface area (Å²) in [6.45, 7) is 1.85. The fourth-order valence-corrected chi connectivity index (χ4v) is 2.25. The summed E-state index contributed by atoms with van der Waals surface area (Å²) >= 11 is 4.46. The lowest BCUT2D eigenvalue weighted by Gasteiger charge is -2.13. The molecule has 1 rings (SSSR count). The molecule has 6 nitrogen and oxygen atoms in total. The molecule has 2 amide bonds. The van der Waals surface area contributed by atoms with Gasteiger partial charge in [0.05, 0.1) is 9.98 Å². The number of carboxylic acids is 1. The normalized spacial score (nSPS) is 11.9. The SMILES string of the molecule is CCCC(NC(=O)Nc1ncc(Br)s1)C(=O)O. The Balaban J connectivity index is 2.50. The van der Waals surface area contributed by atoms with Crippen molar-refractivity contribution in [3.8, 4) is 0 Å². The van der Waals surface area contributed by atoms with Crippen LogP contribution in [-0.4, -0.2) is 28.1 Å². The molecule has 1 aromatic heterocycles. The van der Waals surface area contributed by atoms with E-state index >= 15 is 0 Å². The fourth-order valence-electron chi connectivity index (χ4n) is 1.15. The molecular weight excluding hydrogens is 310 g/mol.